The Balaban J connectivity index is 1.04. The maximum Gasteiger partial charge on any atom is 0.435 e. The molecule has 4 aliphatic rings. The third kappa shape index (κ3) is 7.29. The second-order valence-electron chi connectivity index (χ2n) is 16.0. The fourth-order valence-corrected chi connectivity index (χ4v) is 8.69. The Bertz CT molecular complexity index is 2320. The number of rotatable bonds is 9. The quantitative estimate of drug-likeness (QED) is 0.129. The van der Waals surface area contributed by atoms with Crippen LogP contribution in [0.5, 0.6) is 11.8 Å². The highest BCUT2D eigenvalue weighted by molar-refractivity contribution is 6.03. The lowest BCUT2D eigenvalue weighted by Gasteiger charge is -2.40. The summed E-state index contributed by atoms with van der Waals surface area (Å²) in [4.78, 5) is 18.1. The molecule has 0 spiro atoms. The maximum absolute atomic E-state index is 17.1. The van der Waals surface area contributed by atoms with Crippen molar-refractivity contribution in [2.45, 2.75) is 68.7 Å². The third-order valence-corrected chi connectivity index (χ3v) is 12.1. The van der Waals surface area contributed by atoms with E-state index in [1.165, 1.54) is 18.2 Å². The molecule has 2 saturated heterocycles. The Labute approximate surface area is 335 Å². The Kier molecular flexibility index (Phi) is 10.5. The van der Waals surface area contributed by atoms with Gasteiger partial charge >= 0.3 is 30.1 Å². The number of halogens is 11. The van der Waals surface area contributed by atoms with Gasteiger partial charge in [0.25, 0.3) is 0 Å². The summed E-state index contributed by atoms with van der Waals surface area (Å²) in [5.74, 6) is -0.0574. The molecule has 8 rings (SSSR count). The summed E-state index contributed by atoms with van der Waals surface area (Å²) in [6.45, 7) is 1.18. The molecule has 20 heteroatoms. The summed E-state index contributed by atoms with van der Waals surface area (Å²) in [6, 6.07) is 5.05. The Hall–Kier alpha value is -4.74. The molecule has 2 aromatic carbocycles. The van der Waals surface area contributed by atoms with Gasteiger partial charge in [-0.25, -0.2) is 13.8 Å². The molecule has 60 heavy (non-hydrogen) atoms. The molecule has 1 unspecified atom stereocenters. The first kappa shape index (κ1) is 42.0. The lowest BCUT2D eigenvalue weighted by atomic mass is 9.95. The molecule has 0 bridgehead atoms. The van der Waals surface area contributed by atoms with Crippen LogP contribution >= 0.6 is 0 Å². The largest absolute Gasteiger partial charge is 0.508 e. The molecule has 2 N–H and O–H groups in total. The van der Waals surface area contributed by atoms with Gasteiger partial charge in [-0.1, -0.05) is 12.0 Å². The molecule has 322 valence electrons. The summed E-state index contributed by atoms with van der Waals surface area (Å²) in [7, 11) is 0. The highest BCUT2D eigenvalue weighted by atomic mass is 19.4. The van der Waals surface area contributed by atoms with Gasteiger partial charge in [-0.05, 0) is 81.1 Å². The average Bonchev–Trinajstić information content (AvgIpc) is 3.97. The molecule has 1 atom stereocenters. The summed E-state index contributed by atoms with van der Waals surface area (Å²) in [6.07, 6.45) is -12.3. The van der Waals surface area contributed by atoms with Crippen LogP contribution in [0, 0.1) is 35.3 Å². The van der Waals surface area contributed by atoms with Crippen molar-refractivity contribution in [3.05, 3.63) is 47.2 Å². The normalized spacial score (nSPS) is 20.2. The van der Waals surface area contributed by atoms with Gasteiger partial charge in [0, 0.05) is 48.6 Å². The molecular weight excluding hydrogens is 821 g/mol. The number of nitrogens with one attached hydrogen (secondary N) is 1. The van der Waals surface area contributed by atoms with Gasteiger partial charge in [0.1, 0.15) is 28.6 Å². The van der Waals surface area contributed by atoms with E-state index in [0.29, 0.717) is 74.1 Å². The number of phenols is 1. The molecule has 5 heterocycles. The molecule has 1 aliphatic carbocycles. The number of aromatic nitrogens is 3. The van der Waals surface area contributed by atoms with E-state index >= 15 is 8.78 Å². The number of anilines is 1. The molecule has 9 nitrogen and oxygen atoms in total. The first-order chi connectivity index (χ1) is 28.3. The number of aryl methyl sites for hydroxylation is 1. The summed E-state index contributed by atoms with van der Waals surface area (Å²) < 4.78 is 162. The summed E-state index contributed by atoms with van der Waals surface area (Å²) in [5, 5.41) is 14.9. The van der Waals surface area contributed by atoms with Gasteiger partial charge in [0.05, 0.1) is 29.9 Å². The highest BCUT2D eigenvalue weighted by Gasteiger charge is 2.85. The first-order valence-electron chi connectivity index (χ1n) is 19.2. The number of piperidine rings is 1. The van der Waals surface area contributed by atoms with E-state index in [9.17, 15) is 44.6 Å². The van der Waals surface area contributed by atoms with Crippen molar-refractivity contribution < 1.29 is 62.9 Å². The number of fused-ring (bicyclic) bond motifs is 3. The molecule has 3 fully saturated rings. The van der Waals surface area contributed by atoms with E-state index in [2.05, 4.69) is 25.9 Å². The standard InChI is InChI=1S/C40H37F11N6O3/c1-2-25-27(41)5-3-22-15-24(58)16-26(29(22)25)32-31(42)33-30-28(53-32)6-4-23-17-52-11-14-57(23)34(30)55-35(54-33)59-20-36(9-10-36)19-56-12-7-21(8-13-56)18-60-37(38(43,44)45,39(46,47)48)40(49,50)51/h1,3,5,15-16,21,23,52,58H,4,6-14,17-20H2. The molecule has 4 aromatic rings. The van der Waals surface area contributed by atoms with Gasteiger partial charge in [-0.3, -0.25) is 0 Å². The predicted octanol–water partition coefficient (Wildman–Crippen LogP) is 7.85. The monoisotopic (exact) mass is 858 g/mol. The van der Waals surface area contributed by atoms with Crippen LogP contribution in [0.2, 0.25) is 0 Å². The Morgan fingerprint density at radius 3 is 2.25 bits per heavy atom. The Morgan fingerprint density at radius 2 is 1.60 bits per heavy atom. The number of phenolic OH excluding ortho intramolecular Hbond substituents is 1. The number of nitrogens with zero attached hydrogens (tertiary/aromatic N) is 5. The van der Waals surface area contributed by atoms with Crippen LogP contribution < -0.4 is 15.0 Å². The van der Waals surface area contributed by atoms with Crippen molar-refractivity contribution in [3.8, 4) is 35.4 Å². The van der Waals surface area contributed by atoms with Crippen LogP contribution in [0.15, 0.2) is 24.3 Å². The van der Waals surface area contributed by atoms with Crippen LogP contribution in [-0.4, -0.2) is 108 Å². The van der Waals surface area contributed by atoms with Crippen molar-refractivity contribution >= 4 is 27.5 Å². The van der Waals surface area contributed by atoms with Crippen LogP contribution in [0.1, 0.15) is 43.4 Å². The third-order valence-electron chi connectivity index (χ3n) is 12.1. The number of alkyl halides is 9. The molecule has 2 aromatic heterocycles. The van der Waals surface area contributed by atoms with E-state index in [-0.39, 0.29) is 78.1 Å². The minimum atomic E-state index is -6.79. The number of hydrogen-bond acceptors (Lipinski definition) is 9. The van der Waals surface area contributed by atoms with E-state index in [1.54, 1.807) is 0 Å². The average molecular weight is 859 g/mol. The van der Waals surface area contributed by atoms with Gasteiger partial charge in [0.2, 0.25) is 0 Å². The van der Waals surface area contributed by atoms with Crippen LogP contribution in [-0.2, 0) is 11.2 Å². The number of ether oxygens (including phenoxy) is 2. The van der Waals surface area contributed by atoms with Crippen LogP contribution in [0.4, 0.5) is 54.1 Å². The van der Waals surface area contributed by atoms with Crippen molar-refractivity contribution in [3.63, 3.8) is 0 Å². The van der Waals surface area contributed by atoms with E-state index < -0.39 is 53.7 Å². The summed E-state index contributed by atoms with van der Waals surface area (Å²) in [5.41, 5.74) is -6.67. The molecule has 3 aliphatic heterocycles. The fourth-order valence-electron chi connectivity index (χ4n) is 8.69. The zero-order chi connectivity index (χ0) is 43.0. The topological polar surface area (TPSA) is 95.9 Å². The van der Waals surface area contributed by atoms with E-state index in [1.807, 2.05) is 4.90 Å². The van der Waals surface area contributed by atoms with Crippen LogP contribution in [0.25, 0.3) is 32.9 Å². The van der Waals surface area contributed by atoms with Gasteiger partial charge < -0.3 is 29.7 Å². The summed E-state index contributed by atoms with van der Waals surface area (Å²) >= 11 is 0. The van der Waals surface area contributed by atoms with Crippen LogP contribution in [0.3, 0.4) is 0 Å². The van der Waals surface area contributed by atoms with Crippen molar-refractivity contribution in [1.82, 2.24) is 25.2 Å². The van der Waals surface area contributed by atoms with E-state index in [0.717, 1.165) is 6.07 Å². The number of likely N-dealkylation sites (tertiary alicyclic amines) is 1. The number of piperazine rings is 1. The number of terminal acetylenes is 1. The minimum Gasteiger partial charge on any atom is -0.508 e. The van der Waals surface area contributed by atoms with E-state index in [4.69, 9.17) is 21.1 Å². The van der Waals surface area contributed by atoms with Gasteiger partial charge in [0.15, 0.2) is 5.82 Å². The lowest BCUT2D eigenvalue weighted by molar-refractivity contribution is -0.458. The molecular formula is C40H37F11N6O3. The van der Waals surface area contributed by atoms with Gasteiger partial charge in [-0.15, -0.1) is 6.42 Å². The maximum atomic E-state index is 17.1. The predicted molar refractivity (Wildman–Crippen MR) is 195 cm³/mol. The number of pyridine rings is 1. The zero-order valence-electron chi connectivity index (χ0n) is 31.6. The Morgan fingerprint density at radius 1 is 0.900 bits per heavy atom. The zero-order valence-corrected chi connectivity index (χ0v) is 31.6. The number of aromatic hydroxyl groups is 1. The molecule has 0 radical (unpaired) electrons. The first-order valence-corrected chi connectivity index (χ1v) is 19.2. The molecule has 1 saturated carbocycles. The van der Waals surface area contributed by atoms with Crippen molar-refractivity contribution in [2.75, 3.05) is 57.4 Å². The second kappa shape index (κ2) is 15.0. The minimum absolute atomic E-state index is 0.00841. The molecule has 0 amide bonds. The highest BCUT2D eigenvalue weighted by Crippen LogP contribution is 2.55. The van der Waals surface area contributed by atoms with Crippen molar-refractivity contribution in [1.29, 1.82) is 0 Å². The number of benzene rings is 2. The number of hydrogen-bond donors (Lipinski definition) is 2. The smallest absolute Gasteiger partial charge is 0.435 e. The second-order valence-corrected chi connectivity index (χ2v) is 16.0. The lowest BCUT2D eigenvalue weighted by Crippen LogP contribution is -2.68. The van der Waals surface area contributed by atoms with Crippen molar-refractivity contribution in [2.24, 2.45) is 11.3 Å². The fraction of sp³-hybridized carbons (Fsp3) is 0.525. The van der Waals surface area contributed by atoms with Gasteiger partial charge in [-0.2, -0.15) is 49.5 Å². The SMILES string of the molecule is C#Cc1c(F)ccc2cc(O)cc(-c3nc4c5c(nc(OCC6(CN7CCC(COC(C(F)(F)F)(C(F)(F)F)C(F)(F)F)CC7)CC6)nc5c3F)N3CCNCC3CC4)c12.